The summed E-state index contributed by atoms with van der Waals surface area (Å²) in [5.41, 5.74) is -1.74. The van der Waals surface area contributed by atoms with Crippen molar-refractivity contribution in [2.75, 3.05) is 26.7 Å². The van der Waals surface area contributed by atoms with E-state index in [4.69, 9.17) is 4.74 Å². The highest BCUT2D eigenvalue weighted by Crippen LogP contribution is 2.52. The zero-order valence-electron chi connectivity index (χ0n) is 15.2. The van der Waals surface area contributed by atoms with Crippen LogP contribution in [0, 0.1) is 10.8 Å². The van der Waals surface area contributed by atoms with Crippen LogP contribution in [0.25, 0.3) is 0 Å². The van der Waals surface area contributed by atoms with Crippen molar-refractivity contribution >= 4 is 5.91 Å². The second kappa shape index (κ2) is 6.40. The highest BCUT2D eigenvalue weighted by molar-refractivity contribution is 5.82. The van der Waals surface area contributed by atoms with E-state index in [0.29, 0.717) is 0 Å². The van der Waals surface area contributed by atoms with Crippen molar-refractivity contribution in [1.29, 1.82) is 0 Å². The van der Waals surface area contributed by atoms with Crippen molar-refractivity contribution in [1.82, 2.24) is 15.2 Å². The maximum atomic E-state index is 13.0. The number of hydrogen-bond donors (Lipinski definition) is 1. The Bertz CT molecular complexity index is 687. The van der Waals surface area contributed by atoms with Gasteiger partial charge in [0.2, 0.25) is 11.8 Å². The number of aromatic nitrogens is 1. The fourth-order valence-electron chi connectivity index (χ4n) is 3.47. The number of ether oxygens (including phenoxy) is 1. The number of alkyl halides is 3. The van der Waals surface area contributed by atoms with Gasteiger partial charge in [-0.3, -0.25) is 4.79 Å². The second-order valence-corrected chi connectivity index (χ2v) is 8.11. The Morgan fingerprint density at radius 3 is 2.73 bits per heavy atom. The van der Waals surface area contributed by atoms with Crippen LogP contribution >= 0.6 is 0 Å². The lowest BCUT2D eigenvalue weighted by Gasteiger charge is -2.28. The van der Waals surface area contributed by atoms with Gasteiger partial charge in [-0.2, -0.15) is 13.2 Å². The fraction of sp³-hybridized carbons (Fsp3) is 0.667. The molecule has 1 aromatic rings. The molecule has 1 saturated heterocycles. The van der Waals surface area contributed by atoms with Crippen LogP contribution in [0.2, 0.25) is 0 Å². The van der Waals surface area contributed by atoms with Crippen LogP contribution < -0.4 is 10.1 Å². The largest absolute Gasteiger partial charge is 0.476 e. The summed E-state index contributed by atoms with van der Waals surface area (Å²) in [6.45, 7) is 4.90. The minimum absolute atomic E-state index is 0.0832. The minimum atomic E-state index is -4.55. The van der Waals surface area contributed by atoms with Crippen molar-refractivity contribution in [2.24, 2.45) is 10.8 Å². The smallest absolute Gasteiger partial charge is 0.421 e. The molecule has 144 valence electrons. The molecule has 1 aliphatic heterocycles. The normalized spacial score (nSPS) is 22.5. The Balaban J connectivity index is 1.63. The molecule has 3 rings (SSSR count). The standard InChI is InChI=1S/C18H24F3N3O2/c1-16(2,11-26-14-12(18(19,20)21)5-4-8-22-14)15(25)23-13-9-24(3)10-17(13)6-7-17/h4-5,8,13H,6-7,9-11H2,1-3H3,(H,23,25). The minimum Gasteiger partial charge on any atom is -0.476 e. The average molecular weight is 371 g/mol. The monoisotopic (exact) mass is 371 g/mol. The van der Waals surface area contributed by atoms with Crippen molar-refractivity contribution < 1.29 is 22.7 Å². The molecule has 5 nitrogen and oxygen atoms in total. The van der Waals surface area contributed by atoms with Gasteiger partial charge >= 0.3 is 6.18 Å². The molecular formula is C18H24F3N3O2. The molecule has 1 N–H and O–H groups in total. The molecule has 2 heterocycles. The summed E-state index contributed by atoms with van der Waals surface area (Å²) in [6, 6.07) is 2.21. The molecule has 26 heavy (non-hydrogen) atoms. The Morgan fingerprint density at radius 2 is 2.12 bits per heavy atom. The van der Waals surface area contributed by atoms with E-state index in [2.05, 4.69) is 15.2 Å². The number of halogens is 3. The first kappa shape index (κ1) is 18.9. The number of rotatable bonds is 5. The number of carbonyl (C=O) groups excluding carboxylic acids is 1. The molecule has 8 heteroatoms. The van der Waals surface area contributed by atoms with Crippen LogP contribution in [0.3, 0.4) is 0 Å². The predicted octanol–water partition coefficient (Wildman–Crippen LogP) is 2.72. The van der Waals surface area contributed by atoms with Crippen LogP contribution in [0.15, 0.2) is 18.3 Å². The Labute approximate surface area is 150 Å². The van der Waals surface area contributed by atoms with Gasteiger partial charge in [-0.15, -0.1) is 0 Å². The van der Waals surface area contributed by atoms with Gasteiger partial charge in [-0.1, -0.05) is 0 Å². The fourth-order valence-corrected chi connectivity index (χ4v) is 3.47. The third-order valence-corrected chi connectivity index (χ3v) is 5.28. The lowest BCUT2D eigenvalue weighted by molar-refractivity contribution is -0.139. The number of pyridine rings is 1. The molecule has 1 spiro atoms. The summed E-state index contributed by atoms with van der Waals surface area (Å²) in [7, 11) is 2.03. The van der Waals surface area contributed by atoms with Gasteiger partial charge < -0.3 is 15.0 Å². The maximum Gasteiger partial charge on any atom is 0.421 e. The predicted molar refractivity (Wildman–Crippen MR) is 89.6 cm³/mol. The topological polar surface area (TPSA) is 54.5 Å². The van der Waals surface area contributed by atoms with Crippen LogP contribution in [0.5, 0.6) is 5.88 Å². The van der Waals surface area contributed by atoms with Gasteiger partial charge in [0.05, 0.1) is 5.41 Å². The van der Waals surface area contributed by atoms with E-state index in [-0.39, 0.29) is 24.0 Å². The van der Waals surface area contributed by atoms with Crippen molar-refractivity contribution in [2.45, 2.75) is 38.9 Å². The molecule has 1 saturated carbocycles. The van der Waals surface area contributed by atoms with Gasteiger partial charge in [-0.05, 0) is 45.9 Å². The first-order chi connectivity index (χ1) is 12.0. The summed E-state index contributed by atoms with van der Waals surface area (Å²) in [5.74, 6) is -0.714. The maximum absolute atomic E-state index is 13.0. The lowest BCUT2D eigenvalue weighted by Crippen LogP contribution is -2.49. The number of nitrogens with zero attached hydrogens (tertiary/aromatic N) is 2. The van der Waals surface area contributed by atoms with Gasteiger partial charge in [-0.25, -0.2) is 4.98 Å². The molecule has 2 aliphatic rings. The van der Waals surface area contributed by atoms with E-state index >= 15 is 0 Å². The van der Waals surface area contributed by atoms with E-state index in [1.54, 1.807) is 13.8 Å². The molecular weight excluding hydrogens is 347 g/mol. The quantitative estimate of drug-likeness (QED) is 0.865. The Morgan fingerprint density at radius 1 is 1.42 bits per heavy atom. The van der Waals surface area contributed by atoms with Gasteiger partial charge in [0.1, 0.15) is 12.2 Å². The van der Waals surface area contributed by atoms with Gasteiger partial charge in [0, 0.05) is 30.7 Å². The highest BCUT2D eigenvalue weighted by Gasteiger charge is 2.55. The molecule has 2 fully saturated rings. The van der Waals surface area contributed by atoms with Gasteiger partial charge in [0.25, 0.3) is 0 Å². The van der Waals surface area contributed by atoms with E-state index in [1.165, 1.54) is 12.3 Å². The van der Waals surface area contributed by atoms with Crippen molar-refractivity contribution in [3.05, 3.63) is 23.9 Å². The molecule has 0 radical (unpaired) electrons. The first-order valence-corrected chi connectivity index (χ1v) is 8.68. The van der Waals surface area contributed by atoms with E-state index in [9.17, 15) is 18.0 Å². The van der Waals surface area contributed by atoms with E-state index in [0.717, 1.165) is 32.0 Å². The number of nitrogens with one attached hydrogen (secondary N) is 1. The zero-order chi connectivity index (χ0) is 19.2. The summed E-state index contributed by atoms with van der Waals surface area (Å²) in [5, 5.41) is 3.08. The van der Waals surface area contributed by atoms with Crippen molar-refractivity contribution in [3.63, 3.8) is 0 Å². The Kier molecular flexibility index (Phi) is 4.67. The SMILES string of the molecule is CN1CC(NC(=O)C(C)(C)COc2ncccc2C(F)(F)F)C2(CC2)C1. The van der Waals surface area contributed by atoms with Crippen LogP contribution in [-0.4, -0.2) is 48.6 Å². The molecule has 1 aliphatic carbocycles. The Hall–Kier alpha value is -1.83. The zero-order valence-corrected chi connectivity index (χ0v) is 15.2. The van der Waals surface area contributed by atoms with Crippen LogP contribution in [-0.2, 0) is 11.0 Å². The third-order valence-electron chi connectivity index (χ3n) is 5.28. The van der Waals surface area contributed by atoms with E-state index in [1.807, 2.05) is 7.05 Å². The molecule has 0 bridgehead atoms. The summed E-state index contributed by atoms with van der Waals surface area (Å²) in [6.07, 6.45) is -1.12. The third kappa shape index (κ3) is 3.79. The second-order valence-electron chi connectivity index (χ2n) is 8.11. The van der Waals surface area contributed by atoms with Crippen molar-refractivity contribution in [3.8, 4) is 5.88 Å². The number of likely N-dealkylation sites (tertiary alicyclic amines) is 1. The summed E-state index contributed by atoms with van der Waals surface area (Å²) < 4.78 is 44.4. The summed E-state index contributed by atoms with van der Waals surface area (Å²) in [4.78, 5) is 18.6. The summed E-state index contributed by atoms with van der Waals surface area (Å²) >= 11 is 0. The van der Waals surface area contributed by atoms with Crippen LogP contribution in [0.1, 0.15) is 32.3 Å². The number of likely N-dealkylation sites (N-methyl/N-ethyl adjacent to an activating group) is 1. The molecule has 0 aromatic carbocycles. The molecule has 1 unspecified atom stereocenters. The van der Waals surface area contributed by atoms with Gasteiger partial charge in [0.15, 0.2) is 0 Å². The number of amides is 1. The lowest BCUT2D eigenvalue weighted by atomic mass is 9.91. The van der Waals surface area contributed by atoms with Crippen LogP contribution in [0.4, 0.5) is 13.2 Å². The molecule has 1 amide bonds. The molecule has 1 aromatic heterocycles. The number of hydrogen-bond acceptors (Lipinski definition) is 4. The highest BCUT2D eigenvalue weighted by atomic mass is 19.4. The number of carbonyl (C=O) groups is 1. The van der Waals surface area contributed by atoms with E-state index < -0.39 is 23.0 Å². The first-order valence-electron chi connectivity index (χ1n) is 8.68. The molecule has 1 atom stereocenters. The average Bonchev–Trinajstić information content (AvgIpc) is 3.25.